The lowest BCUT2D eigenvalue weighted by atomic mass is 9.98. The van der Waals surface area contributed by atoms with E-state index in [2.05, 4.69) is 53.8 Å². The van der Waals surface area contributed by atoms with Crippen molar-refractivity contribution in [3.8, 4) is 11.5 Å². The molecule has 2 aliphatic heterocycles. The quantitative estimate of drug-likeness (QED) is 0.812. The fraction of sp³-hybridized carbons (Fsp3) is 0.500. The second-order valence-corrected chi connectivity index (χ2v) is 9.02. The van der Waals surface area contributed by atoms with Crippen molar-refractivity contribution < 1.29 is 10.2 Å². The molecule has 1 saturated heterocycles. The average molecular weight is 396 g/mol. The van der Waals surface area contributed by atoms with Crippen LogP contribution < -0.4 is 0 Å². The number of likely N-dealkylation sites (N-methyl/N-ethyl adjacent to an activating group) is 1. The van der Waals surface area contributed by atoms with Gasteiger partial charge in [-0.15, -0.1) is 0 Å². The van der Waals surface area contributed by atoms with E-state index >= 15 is 0 Å². The highest BCUT2D eigenvalue weighted by molar-refractivity contribution is 5.46. The molecule has 2 aromatic rings. The number of phenols is 2. The number of nitrogens with zero attached hydrogens (tertiary/aromatic N) is 3. The lowest BCUT2D eigenvalue weighted by Crippen LogP contribution is -2.43. The van der Waals surface area contributed by atoms with Crippen LogP contribution in [0.5, 0.6) is 11.5 Å². The SMILES string of the molecule is CC(C)c1cc(CN2Cc3ccc(CN4CCN(C)CC4)cc3C2)c(O)cc1O. The highest BCUT2D eigenvalue weighted by atomic mass is 16.3. The van der Waals surface area contributed by atoms with Crippen molar-refractivity contribution in [2.75, 3.05) is 33.2 Å². The van der Waals surface area contributed by atoms with Crippen molar-refractivity contribution in [3.63, 3.8) is 0 Å². The summed E-state index contributed by atoms with van der Waals surface area (Å²) in [5.74, 6) is 0.584. The second kappa shape index (κ2) is 8.34. The third-order valence-corrected chi connectivity index (χ3v) is 6.30. The average Bonchev–Trinajstić information content (AvgIpc) is 3.07. The lowest BCUT2D eigenvalue weighted by Gasteiger charge is -2.32. The zero-order valence-corrected chi connectivity index (χ0v) is 17.9. The predicted molar refractivity (Wildman–Crippen MR) is 116 cm³/mol. The Bertz CT molecular complexity index is 873. The summed E-state index contributed by atoms with van der Waals surface area (Å²) >= 11 is 0. The smallest absolute Gasteiger partial charge is 0.123 e. The van der Waals surface area contributed by atoms with E-state index in [9.17, 15) is 10.2 Å². The summed E-state index contributed by atoms with van der Waals surface area (Å²) in [7, 11) is 2.19. The molecule has 0 spiro atoms. The van der Waals surface area contributed by atoms with Gasteiger partial charge in [0.25, 0.3) is 0 Å². The van der Waals surface area contributed by atoms with Crippen molar-refractivity contribution >= 4 is 0 Å². The molecule has 1 fully saturated rings. The number of hydrogen-bond donors (Lipinski definition) is 2. The molecule has 2 aliphatic rings. The fourth-order valence-electron chi connectivity index (χ4n) is 4.46. The minimum atomic E-state index is 0.179. The van der Waals surface area contributed by atoms with Gasteiger partial charge >= 0.3 is 0 Å². The molecule has 2 heterocycles. The summed E-state index contributed by atoms with van der Waals surface area (Å²) in [6.07, 6.45) is 0. The van der Waals surface area contributed by atoms with Crippen molar-refractivity contribution in [1.29, 1.82) is 0 Å². The number of aromatic hydroxyl groups is 2. The van der Waals surface area contributed by atoms with Gasteiger partial charge in [-0.1, -0.05) is 32.0 Å². The molecule has 0 unspecified atom stereocenters. The number of rotatable bonds is 5. The molecule has 5 heteroatoms. The Morgan fingerprint density at radius 1 is 0.828 bits per heavy atom. The zero-order valence-electron chi connectivity index (χ0n) is 17.9. The Hall–Kier alpha value is -2.08. The molecule has 0 amide bonds. The highest BCUT2D eigenvalue weighted by Gasteiger charge is 2.22. The molecule has 2 aromatic carbocycles. The molecule has 0 bridgehead atoms. The normalized spacial score (nSPS) is 18.5. The number of fused-ring (bicyclic) bond motifs is 1. The standard InChI is InChI=1S/C24H33N3O2/c1-17(2)22-11-21(23(28)12-24(22)29)16-27-14-19-5-4-18(10-20(19)15-27)13-26-8-6-25(3)7-9-26/h4-5,10-12,17,28-29H,6-9,13-16H2,1-3H3. The molecular formula is C24H33N3O2. The first-order valence-electron chi connectivity index (χ1n) is 10.7. The second-order valence-electron chi connectivity index (χ2n) is 9.02. The van der Waals surface area contributed by atoms with Gasteiger partial charge in [-0.2, -0.15) is 0 Å². The van der Waals surface area contributed by atoms with Crippen molar-refractivity contribution in [3.05, 3.63) is 58.1 Å². The molecular weight excluding hydrogens is 362 g/mol. The molecule has 0 aliphatic carbocycles. The maximum absolute atomic E-state index is 10.3. The zero-order chi connectivity index (χ0) is 20.5. The minimum absolute atomic E-state index is 0.179. The van der Waals surface area contributed by atoms with Crippen molar-refractivity contribution in [1.82, 2.24) is 14.7 Å². The van der Waals surface area contributed by atoms with Crippen LogP contribution in [0.2, 0.25) is 0 Å². The lowest BCUT2D eigenvalue weighted by molar-refractivity contribution is 0.148. The molecule has 2 N–H and O–H groups in total. The van der Waals surface area contributed by atoms with E-state index in [1.165, 1.54) is 22.8 Å². The third kappa shape index (κ3) is 4.58. The van der Waals surface area contributed by atoms with Crippen LogP contribution in [0.1, 0.15) is 47.6 Å². The predicted octanol–water partition coefficient (Wildman–Crippen LogP) is 3.48. The summed E-state index contributed by atoms with van der Waals surface area (Å²) < 4.78 is 0. The van der Waals surface area contributed by atoms with Gasteiger partial charge in [0, 0.05) is 64.0 Å². The van der Waals surface area contributed by atoms with E-state index < -0.39 is 0 Å². The van der Waals surface area contributed by atoms with E-state index in [-0.39, 0.29) is 17.4 Å². The summed E-state index contributed by atoms with van der Waals surface area (Å²) in [6.45, 7) is 12.2. The van der Waals surface area contributed by atoms with E-state index in [4.69, 9.17) is 0 Å². The Morgan fingerprint density at radius 2 is 1.55 bits per heavy atom. The van der Waals surface area contributed by atoms with Crippen LogP contribution >= 0.6 is 0 Å². The number of phenolic OH excluding ortho intramolecular Hbond substituents is 2. The number of hydrogen-bond acceptors (Lipinski definition) is 5. The summed E-state index contributed by atoms with van der Waals surface area (Å²) in [5, 5.41) is 20.4. The number of piperazine rings is 1. The van der Waals surface area contributed by atoms with Crippen LogP contribution in [-0.4, -0.2) is 58.1 Å². The van der Waals surface area contributed by atoms with Gasteiger partial charge in [0.1, 0.15) is 11.5 Å². The summed E-state index contributed by atoms with van der Waals surface area (Å²) in [5.41, 5.74) is 5.96. The molecule has 0 atom stereocenters. The fourth-order valence-corrected chi connectivity index (χ4v) is 4.46. The first kappa shape index (κ1) is 20.2. The van der Waals surface area contributed by atoms with Gasteiger partial charge < -0.3 is 15.1 Å². The largest absolute Gasteiger partial charge is 0.508 e. The van der Waals surface area contributed by atoms with Crippen LogP contribution in [0, 0.1) is 0 Å². The minimum Gasteiger partial charge on any atom is -0.508 e. The Balaban J connectivity index is 1.42. The van der Waals surface area contributed by atoms with Crippen LogP contribution in [0.15, 0.2) is 30.3 Å². The van der Waals surface area contributed by atoms with Gasteiger partial charge in [-0.3, -0.25) is 9.80 Å². The first-order valence-corrected chi connectivity index (χ1v) is 10.7. The van der Waals surface area contributed by atoms with Gasteiger partial charge in [0.15, 0.2) is 0 Å². The van der Waals surface area contributed by atoms with Crippen LogP contribution in [0.4, 0.5) is 0 Å². The maximum Gasteiger partial charge on any atom is 0.123 e. The van der Waals surface area contributed by atoms with E-state index in [0.29, 0.717) is 6.54 Å². The third-order valence-electron chi connectivity index (χ3n) is 6.30. The topological polar surface area (TPSA) is 50.2 Å². The summed E-state index contributed by atoms with van der Waals surface area (Å²) in [4.78, 5) is 7.29. The first-order chi connectivity index (χ1) is 13.9. The van der Waals surface area contributed by atoms with Gasteiger partial charge in [0.2, 0.25) is 0 Å². The van der Waals surface area contributed by atoms with E-state index in [1.807, 2.05) is 6.07 Å². The Labute approximate surface area is 174 Å². The van der Waals surface area contributed by atoms with Crippen LogP contribution in [0.3, 0.4) is 0 Å². The van der Waals surface area contributed by atoms with Gasteiger partial charge in [0.05, 0.1) is 0 Å². The maximum atomic E-state index is 10.3. The Morgan fingerprint density at radius 3 is 2.28 bits per heavy atom. The highest BCUT2D eigenvalue weighted by Crippen LogP contribution is 2.34. The molecule has 0 radical (unpaired) electrons. The molecule has 4 rings (SSSR count). The van der Waals surface area contributed by atoms with Crippen LogP contribution in [-0.2, 0) is 26.2 Å². The Kier molecular flexibility index (Phi) is 5.81. The summed E-state index contributed by atoms with van der Waals surface area (Å²) in [6, 6.07) is 10.4. The molecule has 29 heavy (non-hydrogen) atoms. The molecule has 0 aromatic heterocycles. The number of benzene rings is 2. The van der Waals surface area contributed by atoms with Crippen molar-refractivity contribution in [2.24, 2.45) is 0 Å². The van der Waals surface area contributed by atoms with Gasteiger partial charge in [-0.25, -0.2) is 0 Å². The molecule has 156 valence electrons. The van der Waals surface area contributed by atoms with Gasteiger partial charge in [-0.05, 0) is 41.3 Å². The molecule has 0 saturated carbocycles. The van der Waals surface area contributed by atoms with Crippen molar-refractivity contribution in [2.45, 2.75) is 45.9 Å². The van der Waals surface area contributed by atoms with E-state index in [0.717, 1.165) is 56.9 Å². The van der Waals surface area contributed by atoms with Crippen LogP contribution in [0.25, 0.3) is 0 Å². The monoisotopic (exact) mass is 395 g/mol. The molecule has 5 nitrogen and oxygen atoms in total. The van der Waals surface area contributed by atoms with E-state index in [1.54, 1.807) is 0 Å².